The number of fused-ring (bicyclic) bond motifs is 1. The number of alkyl halides is 3. The first kappa shape index (κ1) is 15.9. The predicted molar refractivity (Wildman–Crippen MR) is 74.4 cm³/mol. The van der Waals surface area contributed by atoms with E-state index in [9.17, 15) is 23.4 Å². The number of anilines is 2. The van der Waals surface area contributed by atoms with E-state index < -0.39 is 17.7 Å². The number of aromatic hydroxyl groups is 1. The molecular weight excluding hydrogens is 331 g/mol. The maximum atomic E-state index is 12.8. The number of nitrogens with one attached hydrogen (secondary N) is 1. The van der Waals surface area contributed by atoms with Gasteiger partial charge in [-0.3, -0.25) is 0 Å². The Balaban J connectivity index is 1.87. The Labute approximate surface area is 131 Å². The highest BCUT2D eigenvalue weighted by Gasteiger charge is 2.51. The number of benzene rings is 1. The van der Waals surface area contributed by atoms with Crippen molar-refractivity contribution in [2.45, 2.75) is 18.7 Å². The minimum absolute atomic E-state index is 0.00891. The van der Waals surface area contributed by atoms with Crippen LogP contribution in [0, 0.1) is 0 Å². The molecule has 3 aromatic rings. The van der Waals surface area contributed by atoms with Crippen molar-refractivity contribution in [1.82, 2.24) is 20.3 Å². The van der Waals surface area contributed by atoms with Gasteiger partial charge in [-0.2, -0.15) is 23.1 Å². The number of halogens is 3. The van der Waals surface area contributed by atoms with Crippen LogP contribution in [-0.2, 0) is 5.60 Å². The normalized spacial score (nSPS) is 14.5. The van der Waals surface area contributed by atoms with E-state index >= 15 is 0 Å². The fraction of sp³-hybridized carbons (Fsp3) is 0.231. The highest BCUT2D eigenvalue weighted by Crippen LogP contribution is 2.38. The molecule has 0 aliphatic rings. The average Bonchev–Trinajstić information content (AvgIpc) is 2.94. The summed E-state index contributed by atoms with van der Waals surface area (Å²) < 4.78 is 42.8. The highest BCUT2D eigenvalue weighted by atomic mass is 19.4. The van der Waals surface area contributed by atoms with E-state index in [0.29, 0.717) is 12.6 Å². The summed E-state index contributed by atoms with van der Waals surface area (Å²) >= 11 is 0. The van der Waals surface area contributed by atoms with Crippen molar-refractivity contribution >= 4 is 22.8 Å². The Kier molecular flexibility index (Phi) is 3.52. The Morgan fingerprint density at radius 3 is 2.21 bits per heavy atom. The number of aliphatic hydroxyl groups is 1. The predicted octanol–water partition coefficient (Wildman–Crippen LogP) is 2.23. The van der Waals surface area contributed by atoms with Crippen LogP contribution in [0.4, 0.5) is 24.7 Å². The van der Waals surface area contributed by atoms with Gasteiger partial charge in [0.05, 0.1) is 0 Å². The summed E-state index contributed by atoms with van der Waals surface area (Å²) in [5.41, 5.74) is -2.93. The minimum Gasteiger partial charge on any atom is -0.491 e. The van der Waals surface area contributed by atoms with E-state index in [4.69, 9.17) is 0 Å². The summed E-state index contributed by atoms with van der Waals surface area (Å²) in [5.74, 6) is -0.557. The molecular formula is C13H10F3N5O3. The third-order valence-electron chi connectivity index (χ3n) is 3.36. The molecule has 0 radical (unpaired) electrons. The van der Waals surface area contributed by atoms with Crippen molar-refractivity contribution < 1.29 is 28.0 Å². The van der Waals surface area contributed by atoms with Gasteiger partial charge in [-0.25, -0.2) is 4.63 Å². The summed E-state index contributed by atoms with van der Waals surface area (Å²) in [4.78, 5) is 7.62. The molecule has 11 heteroatoms. The van der Waals surface area contributed by atoms with Crippen molar-refractivity contribution in [3.05, 3.63) is 29.8 Å². The molecule has 1 unspecified atom stereocenters. The van der Waals surface area contributed by atoms with Gasteiger partial charge < -0.3 is 15.5 Å². The minimum atomic E-state index is -4.81. The quantitative estimate of drug-likeness (QED) is 0.664. The van der Waals surface area contributed by atoms with Crippen LogP contribution in [0.25, 0.3) is 11.3 Å². The lowest BCUT2D eigenvalue weighted by Crippen LogP contribution is -2.39. The van der Waals surface area contributed by atoms with Gasteiger partial charge >= 0.3 is 6.18 Å². The fourth-order valence-corrected chi connectivity index (χ4v) is 1.89. The van der Waals surface area contributed by atoms with Crippen LogP contribution in [0.15, 0.2) is 28.9 Å². The molecule has 126 valence electrons. The van der Waals surface area contributed by atoms with E-state index in [1.807, 2.05) is 0 Å². The van der Waals surface area contributed by atoms with E-state index in [1.165, 1.54) is 12.1 Å². The smallest absolute Gasteiger partial charge is 0.421 e. The lowest BCUT2D eigenvalue weighted by molar-refractivity contribution is -0.258. The van der Waals surface area contributed by atoms with Gasteiger partial charge in [0, 0.05) is 5.69 Å². The van der Waals surface area contributed by atoms with Crippen LogP contribution in [0.3, 0.4) is 0 Å². The van der Waals surface area contributed by atoms with Crippen molar-refractivity contribution in [2.75, 3.05) is 5.32 Å². The second-order valence-electron chi connectivity index (χ2n) is 5.08. The number of rotatable bonds is 3. The number of hydrogen-bond acceptors (Lipinski definition) is 8. The van der Waals surface area contributed by atoms with E-state index in [0.717, 1.165) is 12.1 Å². The topological polar surface area (TPSA) is 117 Å². The van der Waals surface area contributed by atoms with Gasteiger partial charge in [-0.05, 0) is 34.9 Å². The standard InChI is InChI=1S/C13H10F3N5O3/c1-12(23,13(14,15)16)6-2-4-7(5-3-6)17-10-11(22)19-9-8(18-10)20-24-21-9/h2-5,23H,1H3,(H,17,18,20)(H,19,21,22). The fourth-order valence-electron chi connectivity index (χ4n) is 1.89. The largest absolute Gasteiger partial charge is 0.491 e. The van der Waals surface area contributed by atoms with Gasteiger partial charge in [0.2, 0.25) is 11.3 Å². The van der Waals surface area contributed by atoms with Crippen molar-refractivity contribution in [3.63, 3.8) is 0 Å². The number of hydrogen-bond donors (Lipinski definition) is 3. The Hall–Kier alpha value is -2.95. The first-order valence-corrected chi connectivity index (χ1v) is 6.54. The molecule has 0 aliphatic heterocycles. The van der Waals surface area contributed by atoms with Gasteiger partial charge in [-0.15, -0.1) is 0 Å². The van der Waals surface area contributed by atoms with E-state index in [-0.39, 0.29) is 22.7 Å². The second-order valence-corrected chi connectivity index (χ2v) is 5.08. The van der Waals surface area contributed by atoms with Crippen molar-refractivity contribution in [1.29, 1.82) is 0 Å². The van der Waals surface area contributed by atoms with E-state index in [1.54, 1.807) is 0 Å². The van der Waals surface area contributed by atoms with Crippen LogP contribution in [0.1, 0.15) is 12.5 Å². The summed E-state index contributed by atoms with van der Waals surface area (Å²) in [7, 11) is 0. The maximum absolute atomic E-state index is 12.8. The first-order chi connectivity index (χ1) is 11.2. The molecule has 0 spiro atoms. The number of nitrogens with zero attached hydrogens (tertiary/aromatic N) is 4. The molecule has 2 heterocycles. The molecule has 2 aromatic heterocycles. The molecule has 0 amide bonds. The van der Waals surface area contributed by atoms with Crippen LogP contribution < -0.4 is 5.32 Å². The Morgan fingerprint density at radius 2 is 1.62 bits per heavy atom. The zero-order chi connectivity index (χ0) is 17.5. The average molecular weight is 341 g/mol. The van der Waals surface area contributed by atoms with Gasteiger partial charge in [0.15, 0.2) is 11.4 Å². The van der Waals surface area contributed by atoms with Crippen LogP contribution in [0.5, 0.6) is 5.88 Å². The van der Waals surface area contributed by atoms with Crippen molar-refractivity contribution in [3.8, 4) is 5.88 Å². The van der Waals surface area contributed by atoms with Crippen LogP contribution in [-0.4, -0.2) is 36.7 Å². The molecule has 0 bridgehead atoms. The molecule has 0 saturated heterocycles. The summed E-state index contributed by atoms with van der Waals surface area (Å²) in [6.45, 7) is 0.665. The molecule has 3 rings (SSSR count). The lowest BCUT2D eigenvalue weighted by Gasteiger charge is -2.26. The molecule has 3 N–H and O–H groups in total. The van der Waals surface area contributed by atoms with Crippen LogP contribution >= 0.6 is 0 Å². The molecule has 24 heavy (non-hydrogen) atoms. The highest BCUT2D eigenvalue weighted by molar-refractivity contribution is 5.70. The van der Waals surface area contributed by atoms with Gasteiger partial charge in [0.1, 0.15) is 0 Å². The monoisotopic (exact) mass is 341 g/mol. The van der Waals surface area contributed by atoms with Crippen LogP contribution in [0.2, 0.25) is 0 Å². The third kappa shape index (κ3) is 2.69. The second kappa shape index (κ2) is 5.30. The molecule has 1 aromatic carbocycles. The lowest BCUT2D eigenvalue weighted by atomic mass is 9.95. The maximum Gasteiger partial charge on any atom is 0.421 e. The van der Waals surface area contributed by atoms with Gasteiger partial charge in [-0.1, -0.05) is 12.1 Å². The molecule has 8 nitrogen and oxygen atoms in total. The zero-order valence-corrected chi connectivity index (χ0v) is 12.0. The van der Waals surface area contributed by atoms with Crippen molar-refractivity contribution in [2.24, 2.45) is 0 Å². The molecule has 0 fully saturated rings. The Morgan fingerprint density at radius 1 is 1.04 bits per heavy atom. The van der Waals surface area contributed by atoms with Gasteiger partial charge in [0.25, 0.3) is 5.88 Å². The SMILES string of the molecule is CC(O)(c1ccc(Nc2nc3nonc3nc2O)cc1)C(F)(F)F. The first-order valence-electron chi connectivity index (χ1n) is 6.54. The van der Waals surface area contributed by atoms with E-state index in [2.05, 4.69) is 30.2 Å². The summed E-state index contributed by atoms with van der Waals surface area (Å²) in [6, 6.07) is 4.80. The summed E-state index contributed by atoms with van der Waals surface area (Å²) in [6.07, 6.45) is -4.81. The molecule has 1 atom stereocenters. The molecule has 0 saturated carbocycles. The summed E-state index contributed by atoms with van der Waals surface area (Å²) in [5, 5.41) is 28.9. The third-order valence-corrected chi connectivity index (χ3v) is 3.36. The number of aromatic nitrogens is 4. The molecule has 0 aliphatic carbocycles. The Bertz CT molecular complexity index is 877. The zero-order valence-electron chi connectivity index (χ0n) is 12.0.